The molecule has 3 aromatic rings. The molecule has 4 rings (SSSR count). The molecule has 0 bridgehead atoms. The van der Waals surface area contributed by atoms with E-state index >= 15 is 0 Å². The van der Waals surface area contributed by atoms with Crippen molar-refractivity contribution in [3.8, 4) is 28.4 Å². The van der Waals surface area contributed by atoms with E-state index in [4.69, 9.17) is 9.15 Å². The lowest BCUT2D eigenvalue weighted by atomic mass is 9.90. The van der Waals surface area contributed by atoms with Crippen molar-refractivity contribution in [2.45, 2.75) is 17.7 Å². The van der Waals surface area contributed by atoms with Gasteiger partial charge in [-0.3, -0.25) is 0 Å². The molecule has 0 saturated heterocycles. The smallest absolute Gasteiger partial charge is 0.365 e. The van der Waals surface area contributed by atoms with Crippen LogP contribution in [0, 0.1) is 0 Å². The first-order chi connectivity index (χ1) is 11.8. The average Bonchev–Trinajstić information content (AvgIpc) is 2.67. The highest BCUT2D eigenvalue weighted by atomic mass is 32.2. The molecule has 24 heavy (non-hydrogen) atoms. The molecule has 2 aromatic carbocycles. The molecule has 1 aromatic heterocycles. The molecule has 0 amide bonds. The van der Waals surface area contributed by atoms with Crippen molar-refractivity contribution in [2.75, 3.05) is 13.4 Å². The average molecular weight is 335 g/mol. The molecule has 0 radical (unpaired) electrons. The highest BCUT2D eigenvalue weighted by molar-refractivity contribution is 7.98. The van der Waals surface area contributed by atoms with E-state index in [1.165, 1.54) is 21.6 Å². The third kappa shape index (κ3) is 2.59. The zero-order chi connectivity index (χ0) is 16.5. The first kappa shape index (κ1) is 15.3. The number of fused-ring (bicyclic) bond motifs is 3. The monoisotopic (exact) mass is 335 g/mol. The molecule has 1 heterocycles. The van der Waals surface area contributed by atoms with Crippen LogP contribution in [-0.2, 0) is 12.8 Å². The summed E-state index contributed by atoms with van der Waals surface area (Å²) in [5, 5.41) is 0. The summed E-state index contributed by atoms with van der Waals surface area (Å²) in [7, 11) is 1.68. The number of ether oxygens (including phenoxy) is 1. The molecular weight excluding hydrogens is 316 g/mol. The van der Waals surface area contributed by atoms with E-state index in [0.717, 1.165) is 35.7 Å². The Morgan fingerprint density at radius 1 is 1.00 bits per heavy atom. The van der Waals surface area contributed by atoms with E-state index < -0.39 is 0 Å². The highest BCUT2D eigenvalue weighted by Gasteiger charge is 2.31. The maximum Gasteiger partial charge on any atom is 0.365 e. The molecule has 0 aliphatic heterocycles. The van der Waals surface area contributed by atoms with Gasteiger partial charge in [-0.25, -0.2) is 4.42 Å². The lowest BCUT2D eigenvalue weighted by Crippen LogP contribution is -2.05. The van der Waals surface area contributed by atoms with Gasteiger partial charge in [0.15, 0.2) is 0 Å². The Morgan fingerprint density at radius 2 is 1.79 bits per heavy atom. The van der Waals surface area contributed by atoms with Crippen molar-refractivity contribution >= 4 is 11.8 Å². The molecule has 0 saturated carbocycles. The molecule has 0 fully saturated rings. The third-order valence-corrected chi connectivity index (χ3v) is 5.35. The summed E-state index contributed by atoms with van der Waals surface area (Å²) in [6, 6.07) is 18.7. The number of thioether (sulfide) groups is 1. The van der Waals surface area contributed by atoms with Crippen molar-refractivity contribution in [3.05, 3.63) is 65.7 Å². The Kier molecular flexibility index (Phi) is 4.03. The van der Waals surface area contributed by atoms with Crippen molar-refractivity contribution in [1.29, 1.82) is 0 Å². The number of methoxy groups -OCH3 is 1. The van der Waals surface area contributed by atoms with Gasteiger partial charge in [0.25, 0.3) is 0 Å². The molecular formula is C21H19O2S+. The molecule has 0 spiro atoms. The molecule has 0 atom stereocenters. The van der Waals surface area contributed by atoms with Gasteiger partial charge in [0, 0.05) is 4.90 Å². The van der Waals surface area contributed by atoms with Crippen molar-refractivity contribution in [1.82, 2.24) is 0 Å². The summed E-state index contributed by atoms with van der Waals surface area (Å²) in [6.07, 6.45) is 4.25. The van der Waals surface area contributed by atoms with Gasteiger partial charge in [-0.1, -0.05) is 18.2 Å². The molecule has 0 N–H and O–H groups in total. The van der Waals surface area contributed by atoms with Crippen LogP contribution in [0.4, 0.5) is 0 Å². The molecule has 1 aliphatic carbocycles. The fourth-order valence-electron chi connectivity index (χ4n) is 3.27. The van der Waals surface area contributed by atoms with E-state index in [9.17, 15) is 0 Å². The van der Waals surface area contributed by atoms with Gasteiger partial charge in [-0.2, -0.15) is 0 Å². The lowest BCUT2D eigenvalue weighted by Gasteiger charge is -2.15. The maximum atomic E-state index is 6.37. The molecule has 2 nitrogen and oxygen atoms in total. The Hall–Kier alpha value is -2.26. The van der Waals surface area contributed by atoms with E-state index in [2.05, 4.69) is 36.6 Å². The Balaban J connectivity index is 1.89. The van der Waals surface area contributed by atoms with Gasteiger partial charge >= 0.3 is 11.5 Å². The van der Waals surface area contributed by atoms with Crippen LogP contribution >= 0.6 is 11.8 Å². The normalized spacial score (nSPS) is 12.4. The zero-order valence-corrected chi connectivity index (χ0v) is 14.7. The van der Waals surface area contributed by atoms with Crippen LogP contribution in [0.1, 0.15) is 11.1 Å². The van der Waals surface area contributed by atoms with Crippen LogP contribution in [-0.4, -0.2) is 13.4 Å². The number of hydrogen-bond donors (Lipinski definition) is 0. The van der Waals surface area contributed by atoms with Gasteiger partial charge in [0.2, 0.25) is 0 Å². The Morgan fingerprint density at radius 3 is 2.54 bits per heavy atom. The summed E-state index contributed by atoms with van der Waals surface area (Å²) >= 11 is 1.79. The topological polar surface area (TPSA) is 20.5 Å². The quantitative estimate of drug-likeness (QED) is 0.451. The second-order valence-corrected chi connectivity index (χ2v) is 6.72. The van der Waals surface area contributed by atoms with Crippen molar-refractivity contribution < 1.29 is 9.15 Å². The fraction of sp³-hybridized carbons (Fsp3) is 0.190. The molecule has 120 valence electrons. The van der Waals surface area contributed by atoms with E-state index in [1.54, 1.807) is 18.9 Å². The summed E-state index contributed by atoms with van der Waals surface area (Å²) in [6.45, 7) is 0. The minimum Gasteiger partial charge on any atom is -0.497 e. The van der Waals surface area contributed by atoms with Crippen LogP contribution in [0.3, 0.4) is 0 Å². The van der Waals surface area contributed by atoms with Crippen LogP contribution in [0.25, 0.3) is 22.6 Å². The lowest BCUT2D eigenvalue weighted by molar-refractivity contribution is 0.415. The highest BCUT2D eigenvalue weighted by Crippen LogP contribution is 2.41. The summed E-state index contributed by atoms with van der Waals surface area (Å²) in [4.78, 5) is 1.30. The standard InChI is InChI=1S/C21H19O2S/c1-22-16-10-7-15(8-11-16)19-13-20(24-2)18-12-9-14-5-3-4-6-17(14)21(18)23-19/h3-8,10-11,13H,9,12H2,1-2H3/q+1. The van der Waals surface area contributed by atoms with E-state index in [-0.39, 0.29) is 0 Å². The second kappa shape index (κ2) is 6.33. The zero-order valence-electron chi connectivity index (χ0n) is 13.8. The largest absolute Gasteiger partial charge is 0.497 e. The van der Waals surface area contributed by atoms with Gasteiger partial charge in [-0.15, -0.1) is 11.8 Å². The van der Waals surface area contributed by atoms with Crippen LogP contribution in [0.5, 0.6) is 5.75 Å². The number of benzene rings is 2. The summed E-state index contributed by atoms with van der Waals surface area (Å²) < 4.78 is 11.6. The minimum absolute atomic E-state index is 0.854. The van der Waals surface area contributed by atoms with Crippen LogP contribution in [0.15, 0.2) is 63.9 Å². The van der Waals surface area contributed by atoms with Gasteiger partial charge in [0.05, 0.1) is 29.9 Å². The summed E-state index contributed by atoms with van der Waals surface area (Å²) in [5.41, 5.74) is 4.99. The first-order valence-corrected chi connectivity index (χ1v) is 9.29. The third-order valence-electron chi connectivity index (χ3n) is 4.55. The van der Waals surface area contributed by atoms with Crippen LogP contribution in [0.2, 0.25) is 0 Å². The minimum atomic E-state index is 0.854. The number of rotatable bonds is 3. The number of hydrogen-bond acceptors (Lipinski definition) is 2. The molecule has 3 heteroatoms. The van der Waals surface area contributed by atoms with Crippen LogP contribution < -0.4 is 4.74 Å². The second-order valence-electron chi connectivity index (χ2n) is 5.87. The molecule has 0 unspecified atom stereocenters. The van der Waals surface area contributed by atoms with Crippen molar-refractivity contribution in [2.24, 2.45) is 0 Å². The number of aryl methyl sites for hydroxylation is 1. The van der Waals surface area contributed by atoms with Gasteiger partial charge < -0.3 is 4.74 Å². The van der Waals surface area contributed by atoms with Crippen molar-refractivity contribution in [3.63, 3.8) is 0 Å². The first-order valence-electron chi connectivity index (χ1n) is 8.07. The van der Waals surface area contributed by atoms with E-state index in [0.29, 0.717) is 0 Å². The summed E-state index contributed by atoms with van der Waals surface area (Å²) in [5.74, 6) is 2.78. The maximum absolute atomic E-state index is 6.37. The Labute approximate surface area is 146 Å². The fourth-order valence-corrected chi connectivity index (χ4v) is 3.94. The molecule has 1 aliphatic rings. The van der Waals surface area contributed by atoms with E-state index in [1.807, 2.05) is 24.3 Å². The predicted octanol–water partition coefficient (Wildman–Crippen LogP) is 5.72. The Bertz CT molecular complexity index is 885. The van der Waals surface area contributed by atoms with Gasteiger partial charge in [-0.05, 0) is 55.0 Å². The van der Waals surface area contributed by atoms with Gasteiger partial charge in [0.1, 0.15) is 5.75 Å². The predicted molar refractivity (Wildman–Crippen MR) is 99.7 cm³/mol. The SMILES string of the molecule is COc1ccc(-c2cc(SC)c3c([o+]2)-c2ccccc2CC3)cc1.